The van der Waals surface area contributed by atoms with Gasteiger partial charge < -0.3 is 10.1 Å². The van der Waals surface area contributed by atoms with E-state index in [1.165, 1.54) is 29.5 Å². The zero-order chi connectivity index (χ0) is 18.0. The number of amides is 1. The van der Waals surface area contributed by atoms with Gasteiger partial charge >= 0.3 is 5.97 Å². The van der Waals surface area contributed by atoms with Crippen LogP contribution in [0.2, 0.25) is 0 Å². The van der Waals surface area contributed by atoms with Crippen LogP contribution in [0.4, 0.5) is 5.00 Å². The Bertz CT molecular complexity index is 864. The fourth-order valence-electron chi connectivity index (χ4n) is 2.89. The van der Waals surface area contributed by atoms with E-state index in [4.69, 9.17) is 10.00 Å². The standard InChI is InChI=1S/C16H17N5O3S/c1-9-3-4-10-11(5-9)25-15(14(10)16(23)24-2)19-13(22)7-21-8-18-12(6-17)20-21/h8-9H,3-5,7H2,1-2H3,(H,19,22). The summed E-state index contributed by atoms with van der Waals surface area (Å²) in [4.78, 5) is 29.4. The molecule has 0 bridgehead atoms. The Labute approximate surface area is 148 Å². The summed E-state index contributed by atoms with van der Waals surface area (Å²) in [6.07, 6.45) is 4.04. The van der Waals surface area contributed by atoms with Crippen molar-refractivity contribution in [2.24, 2.45) is 5.92 Å². The highest BCUT2D eigenvalue weighted by Gasteiger charge is 2.28. The Morgan fingerprint density at radius 1 is 1.56 bits per heavy atom. The number of nitrogens with zero attached hydrogens (tertiary/aromatic N) is 4. The number of fused-ring (bicyclic) bond motifs is 1. The van der Waals surface area contributed by atoms with Gasteiger partial charge in [0.15, 0.2) is 0 Å². The number of anilines is 1. The summed E-state index contributed by atoms with van der Waals surface area (Å²) < 4.78 is 6.18. The number of nitriles is 1. The number of thiophene rings is 1. The maximum atomic E-state index is 12.3. The van der Waals surface area contributed by atoms with Crippen LogP contribution in [0.3, 0.4) is 0 Å². The molecule has 0 saturated carbocycles. The van der Waals surface area contributed by atoms with Crippen LogP contribution in [0.5, 0.6) is 0 Å². The lowest BCUT2D eigenvalue weighted by Gasteiger charge is -2.18. The zero-order valence-electron chi connectivity index (χ0n) is 13.9. The third-order valence-electron chi connectivity index (χ3n) is 4.10. The first kappa shape index (κ1) is 17.1. The van der Waals surface area contributed by atoms with Gasteiger partial charge in [0.05, 0.1) is 12.7 Å². The molecule has 0 aliphatic heterocycles. The van der Waals surface area contributed by atoms with Crippen LogP contribution >= 0.6 is 11.3 Å². The molecule has 9 heteroatoms. The predicted molar refractivity (Wildman–Crippen MR) is 90.2 cm³/mol. The van der Waals surface area contributed by atoms with Crippen LogP contribution in [0.15, 0.2) is 6.33 Å². The van der Waals surface area contributed by atoms with Crippen molar-refractivity contribution in [2.75, 3.05) is 12.4 Å². The zero-order valence-corrected chi connectivity index (χ0v) is 14.7. The van der Waals surface area contributed by atoms with E-state index in [1.54, 1.807) is 6.07 Å². The number of aromatic nitrogens is 3. The van der Waals surface area contributed by atoms with Gasteiger partial charge in [0.2, 0.25) is 5.91 Å². The summed E-state index contributed by atoms with van der Waals surface area (Å²) in [5, 5.41) is 15.9. The molecular weight excluding hydrogens is 342 g/mol. The lowest BCUT2D eigenvalue weighted by Crippen LogP contribution is -2.20. The van der Waals surface area contributed by atoms with Crippen molar-refractivity contribution in [1.29, 1.82) is 5.26 Å². The van der Waals surface area contributed by atoms with Crippen LogP contribution in [-0.2, 0) is 28.9 Å². The first-order valence-electron chi connectivity index (χ1n) is 7.84. The van der Waals surface area contributed by atoms with Crippen molar-refractivity contribution in [2.45, 2.75) is 32.7 Å². The maximum absolute atomic E-state index is 12.3. The Morgan fingerprint density at radius 3 is 3.04 bits per heavy atom. The second-order valence-corrected chi connectivity index (χ2v) is 7.08. The molecule has 1 atom stereocenters. The minimum Gasteiger partial charge on any atom is -0.465 e. The maximum Gasteiger partial charge on any atom is 0.341 e. The fourth-order valence-corrected chi connectivity index (χ4v) is 4.31. The van der Waals surface area contributed by atoms with E-state index in [0.717, 1.165) is 29.7 Å². The minimum absolute atomic E-state index is 0.00336. The van der Waals surface area contributed by atoms with Crippen LogP contribution < -0.4 is 5.32 Å². The van der Waals surface area contributed by atoms with Crippen molar-refractivity contribution in [3.8, 4) is 6.07 Å². The minimum atomic E-state index is -0.435. The Morgan fingerprint density at radius 2 is 2.36 bits per heavy atom. The number of ether oxygens (including phenoxy) is 1. The van der Waals surface area contributed by atoms with E-state index in [2.05, 4.69) is 22.3 Å². The molecule has 25 heavy (non-hydrogen) atoms. The van der Waals surface area contributed by atoms with Gasteiger partial charge in [-0.25, -0.2) is 14.5 Å². The number of esters is 1. The van der Waals surface area contributed by atoms with Gasteiger partial charge in [-0.1, -0.05) is 6.92 Å². The number of hydrogen-bond acceptors (Lipinski definition) is 7. The molecule has 2 heterocycles. The van der Waals surface area contributed by atoms with Crippen LogP contribution in [0.25, 0.3) is 0 Å². The highest BCUT2D eigenvalue weighted by molar-refractivity contribution is 7.17. The summed E-state index contributed by atoms with van der Waals surface area (Å²) in [5.41, 5.74) is 1.44. The number of carbonyl (C=O) groups is 2. The SMILES string of the molecule is COC(=O)c1c(NC(=O)Cn2cnc(C#N)n2)sc2c1CCC(C)C2. The van der Waals surface area contributed by atoms with E-state index in [-0.39, 0.29) is 18.3 Å². The van der Waals surface area contributed by atoms with Gasteiger partial charge in [0.1, 0.15) is 23.9 Å². The molecule has 8 nitrogen and oxygen atoms in total. The van der Waals surface area contributed by atoms with Gasteiger partial charge in [-0.05, 0) is 30.7 Å². The fraction of sp³-hybridized carbons (Fsp3) is 0.438. The van der Waals surface area contributed by atoms with E-state index < -0.39 is 5.97 Å². The molecule has 130 valence electrons. The molecule has 1 aliphatic rings. The van der Waals surface area contributed by atoms with E-state index >= 15 is 0 Å². The topological polar surface area (TPSA) is 110 Å². The average molecular weight is 359 g/mol. The second-order valence-electron chi connectivity index (χ2n) is 5.97. The molecule has 2 aromatic rings. The van der Waals surface area contributed by atoms with Gasteiger partial charge in [-0.15, -0.1) is 16.4 Å². The second kappa shape index (κ2) is 7.03. The molecule has 1 amide bonds. The summed E-state index contributed by atoms with van der Waals surface area (Å²) >= 11 is 1.43. The number of carbonyl (C=O) groups excluding carboxylic acids is 2. The van der Waals surface area contributed by atoms with Gasteiger partial charge in [-0.2, -0.15) is 5.26 Å². The highest BCUT2D eigenvalue weighted by Crippen LogP contribution is 2.40. The third kappa shape index (κ3) is 3.53. The summed E-state index contributed by atoms with van der Waals surface area (Å²) in [6, 6.07) is 1.81. The molecule has 0 fully saturated rings. The van der Waals surface area contributed by atoms with Crippen LogP contribution in [0.1, 0.15) is 40.0 Å². The van der Waals surface area contributed by atoms with Crippen molar-refractivity contribution in [3.05, 3.63) is 28.2 Å². The molecule has 0 aromatic carbocycles. The highest BCUT2D eigenvalue weighted by atomic mass is 32.1. The molecule has 0 spiro atoms. The number of hydrogen-bond donors (Lipinski definition) is 1. The van der Waals surface area contributed by atoms with Gasteiger partial charge in [0.25, 0.3) is 5.82 Å². The Hall–Kier alpha value is -2.73. The normalized spacial score (nSPS) is 16.0. The lowest BCUT2D eigenvalue weighted by atomic mass is 9.88. The van der Waals surface area contributed by atoms with Crippen molar-refractivity contribution < 1.29 is 14.3 Å². The molecule has 0 radical (unpaired) electrons. The first-order chi connectivity index (χ1) is 12.0. The molecule has 1 N–H and O–H groups in total. The summed E-state index contributed by atoms with van der Waals surface area (Å²) in [6.45, 7) is 2.09. The quantitative estimate of drug-likeness (QED) is 0.833. The predicted octanol–water partition coefficient (Wildman–Crippen LogP) is 1.76. The van der Waals surface area contributed by atoms with Crippen LogP contribution in [-0.4, -0.2) is 33.8 Å². The van der Waals surface area contributed by atoms with Gasteiger partial charge in [0, 0.05) is 4.88 Å². The number of rotatable bonds is 4. The Balaban J connectivity index is 1.82. The molecular formula is C16H17N5O3S. The first-order valence-corrected chi connectivity index (χ1v) is 8.65. The monoisotopic (exact) mass is 359 g/mol. The van der Waals surface area contributed by atoms with Crippen molar-refractivity contribution in [1.82, 2.24) is 14.8 Å². The van der Waals surface area contributed by atoms with Crippen molar-refractivity contribution >= 4 is 28.2 Å². The molecule has 3 rings (SSSR count). The number of nitrogens with one attached hydrogen (secondary N) is 1. The smallest absolute Gasteiger partial charge is 0.341 e. The summed E-state index contributed by atoms with van der Waals surface area (Å²) in [7, 11) is 1.34. The molecule has 2 aromatic heterocycles. The van der Waals surface area contributed by atoms with E-state index in [9.17, 15) is 9.59 Å². The van der Waals surface area contributed by atoms with E-state index in [1.807, 2.05) is 0 Å². The molecule has 0 saturated heterocycles. The van der Waals surface area contributed by atoms with Crippen molar-refractivity contribution in [3.63, 3.8) is 0 Å². The third-order valence-corrected chi connectivity index (χ3v) is 5.27. The molecule has 1 unspecified atom stereocenters. The summed E-state index contributed by atoms with van der Waals surface area (Å²) in [5.74, 6) is -0.218. The lowest BCUT2D eigenvalue weighted by molar-refractivity contribution is -0.116. The van der Waals surface area contributed by atoms with Gasteiger partial charge in [-0.3, -0.25) is 4.79 Å². The number of methoxy groups -OCH3 is 1. The Kier molecular flexibility index (Phi) is 4.81. The molecule has 1 aliphatic carbocycles. The van der Waals surface area contributed by atoms with E-state index in [0.29, 0.717) is 16.5 Å². The van der Waals surface area contributed by atoms with Crippen LogP contribution in [0, 0.1) is 17.2 Å². The largest absolute Gasteiger partial charge is 0.465 e. The average Bonchev–Trinajstić information content (AvgIpc) is 3.17.